The Morgan fingerprint density at radius 1 is 0.682 bits per heavy atom. The van der Waals surface area contributed by atoms with Crippen molar-refractivity contribution in [3.8, 4) is 0 Å². The number of rotatable bonds is 5. The van der Waals surface area contributed by atoms with Crippen LogP contribution in [-0.2, 0) is 0 Å². The summed E-state index contributed by atoms with van der Waals surface area (Å²) in [7, 11) is 0. The summed E-state index contributed by atoms with van der Waals surface area (Å²) in [6, 6.07) is 14.2. The summed E-state index contributed by atoms with van der Waals surface area (Å²) < 4.78 is 1.84. The van der Waals surface area contributed by atoms with E-state index in [1.165, 1.54) is 0 Å². The standard InChI is InChI=1S/C16H14Br2N2O2/c17-13-5-1-11(2-6-13)15(21)19-9-10-20-16(22)12-3-7-14(18)8-4-12/h1-8H,9-10H2,(H,19,21)(H,20,22). The Morgan fingerprint density at radius 2 is 1.00 bits per heavy atom. The zero-order valence-corrected chi connectivity index (χ0v) is 14.8. The average molecular weight is 426 g/mol. The first kappa shape index (κ1) is 16.7. The van der Waals surface area contributed by atoms with Crippen molar-refractivity contribution in [2.45, 2.75) is 0 Å². The van der Waals surface area contributed by atoms with Crippen LogP contribution in [0, 0.1) is 0 Å². The highest BCUT2D eigenvalue weighted by atomic mass is 79.9. The molecule has 0 saturated carbocycles. The first-order valence-corrected chi connectivity index (χ1v) is 8.22. The number of amides is 2. The van der Waals surface area contributed by atoms with Crippen LogP contribution in [0.25, 0.3) is 0 Å². The second kappa shape index (κ2) is 8.10. The minimum atomic E-state index is -0.162. The van der Waals surface area contributed by atoms with Gasteiger partial charge in [-0.05, 0) is 48.5 Å². The van der Waals surface area contributed by atoms with Gasteiger partial charge in [0.1, 0.15) is 0 Å². The van der Waals surface area contributed by atoms with Crippen molar-refractivity contribution < 1.29 is 9.59 Å². The van der Waals surface area contributed by atoms with Crippen molar-refractivity contribution >= 4 is 43.7 Å². The van der Waals surface area contributed by atoms with Crippen LogP contribution >= 0.6 is 31.9 Å². The lowest BCUT2D eigenvalue weighted by molar-refractivity contribution is 0.0927. The van der Waals surface area contributed by atoms with E-state index in [1.807, 2.05) is 24.3 Å². The van der Waals surface area contributed by atoms with Crippen molar-refractivity contribution in [2.75, 3.05) is 13.1 Å². The van der Waals surface area contributed by atoms with Gasteiger partial charge in [-0.1, -0.05) is 31.9 Å². The average Bonchev–Trinajstić information content (AvgIpc) is 2.52. The molecule has 2 aromatic carbocycles. The van der Waals surface area contributed by atoms with Gasteiger partial charge in [0, 0.05) is 33.2 Å². The third-order valence-electron chi connectivity index (χ3n) is 2.91. The number of carbonyl (C=O) groups excluding carboxylic acids is 2. The Hall–Kier alpha value is -1.66. The van der Waals surface area contributed by atoms with Crippen LogP contribution in [0.5, 0.6) is 0 Å². The Labute approximate surface area is 145 Å². The van der Waals surface area contributed by atoms with E-state index in [0.717, 1.165) is 8.95 Å². The lowest BCUT2D eigenvalue weighted by atomic mass is 10.2. The molecule has 0 aliphatic heterocycles. The predicted molar refractivity (Wildman–Crippen MR) is 93.0 cm³/mol. The number of carbonyl (C=O) groups is 2. The van der Waals surface area contributed by atoms with Gasteiger partial charge in [-0.25, -0.2) is 0 Å². The van der Waals surface area contributed by atoms with Gasteiger partial charge in [0.05, 0.1) is 0 Å². The summed E-state index contributed by atoms with van der Waals surface area (Å²) in [5.74, 6) is -0.323. The highest BCUT2D eigenvalue weighted by Gasteiger charge is 2.06. The molecule has 22 heavy (non-hydrogen) atoms. The van der Waals surface area contributed by atoms with Gasteiger partial charge in [-0.2, -0.15) is 0 Å². The van der Waals surface area contributed by atoms with Gasteiger partial charge < -0.3 is 10.6 Å². The molecule has 114 valence electrons. The van der Waals surface area contributed by atoms with Crippen LogP contribution in [0.3, 0.4) is 0 Å². The minimum absolute atomic E-state index is 0.162. The normalized spacial score (nSPS) is 10.1. The summed E-state index contributed by atoms with van der Waals surface area (Å²) in [6.45, 7) is 0.744. The maximum absolute atomic E-state index is 11.9. The topological polar surface area (TPSA) is 58.2 Å². The molecule has 6 heteroatoms. The molecule has 0 fully saturated rings. The molecule has 0 bridgehead atoms. The lowest BCUT2D eigenvalue weighted by Gasteiger charge is -2.07. The second-order valence-corrected chi connectivity index (χ2v) is 6.36. The zero-order valence-electron chi connectivity index (χ0n) is 11.6. The molecular weight excluding hydrogens is 412 g/mol. The van der Waals surface area contributed by atoms with E-state index in [-0.39, 0.29) is 11.8 Å². The fraction of sp³-hybridized carbons (Fsp3) is 0.125. The van der Waals surface area contributed by atoms with E-state index in [1.54, 1.807) is 24.3 Å². The van der Waals surface area contributed by atoms with E-state index in [9.17, 15) is 9.59 Å². The van der Waals surface area contributed by atoms with Crippen molar-refractivity contribution in [3.63, 3.8) is 0 Å². The molecule has 0 saturated heterocycles. The number of benzene rings is 2. The van der Waals surface area contributed by atoms with Crippen molar-refractivity contribution in [3.05, 3.63) is 68.6 Å². The maximum atomic E-state index is 11.9. The van der Waals surface area contributed by atoms with Crippen LogP contribution < -0.4 is 10.6 Å². The zero-order chi connectivity index (χ0) is 15.9. The van der Waals surface area contributed by atoms with Crippen LogP contribution in [0.2, 0.25) is 0 Å². The molecule has 2 amide bonds. The SMILES string of the molecule is O=C(NCCNC(=O)c1ccc(Br)cc1)c1ccc(Br)cc1. The first-order valence-electron chi connectivity index (χ1n) is 6.64. The van der Waals surface area contributed by atoms with Crippen LogP contribution in [0.1, 0.15) is 20.7 Å². The third kappa shape index (κ3) is 4.96. The largest absolute Gasteiger partial charge is 0.350 e. The number of hydrogen-bond acceptors (Lipinski definition) is 2. The highest BCUT2D eigenvalue weighted by Crippen LogP contribution is 2.11. The molecule has 0 unspecified atom stereocenters. The summed E-state index contributed by atoms with van der Waals surface area (Å²) in [6.07, 6.45) is 0. The summed E-state index contributed by atoms with van der Waals surface area (Å²) in [5, 5.41) is 5.52. The maximum Gasteiger partial charge on any atom is 0.251 e. The van der Waals surface area contributed by atoms with E-state index in [2.05, 4.69) is 42.5 Å². The minimum Gasteiger partial charge on any atom is -0.350 e. The molecule has 2 rings (SSSR count). The van der Waals surface area contributed by atoms with E-state index in [4.69, 9.17) is 0 Å². The Balaban J connectivity index is 1.74. The van der Waals surface area contributed by atoms with Gasteiger partial charge >= 0.3 is 0 Å². The molecule has 0 spiro atoms. The molecule has 2 aromatic rings. The fourth-order valence-electron chi connectivity index (χ4n) is 1.76. The molecule has 0 radical (unpaired) electrons. The molecule has 0 aliphatic rings. The Kier molecular flexibility index (Phi) is 6.15. The third-order valence-corrected chi connectivity index (χ3v) is 3.97. The highest BCUT2D eigenvalue weighted by molar-refractivity contribution is 9.10. The van der Waals surface area contributed by atoms with E-state index in [0.29, 0.717) is 24.2 Å². The van der Waals surface area contributed by atoms with Crippen LogP contribution in [0.15, 0.2) is 57.5 Å². The van der Waals surface area contributed by atoms with Crippen molar-refractivity contribution in [1.29, 1.82) is 0 Å². The Morgan fingerprint density at radius 3 is 1.32 bits per heavy atom. The Bertz CT molecular complexity index is 595. The molecule has 0 aromatic heterocycles. The summed E-state index contributed by atoms with van der Waals surface area (Å²) in [4.78, 5) is 23.7. The summed E-state index contributed by atoms with van der Waals surface area (Å²) >= 11 is 6.64. The second-order valence-electron chi connectivity index (χ2n) is 4.53. The monoisotopic (exact) mass is 424 g/mol. The first-order chi connectivity index (χ1) is 10.6. The smallest absolute Gasteiger partial charge is 0.251 e. The van der Waals surface area contributed by atoms with E-state index < -0.39 is 0 Å². The molecule has 0 aliphatic carbocycles. The lowest BCUT2D eigenvalue weighted by Crippen LogP contribution is -2.34. The quantitative estimate of drug-likeness (QED) is 0.721. The van der Waals surface area contributed by atoms with Gasteiger partial charge in [-0.15, -0.1) is 0 Å². The number of hydrogen-bond donors (Lipinski definition) is 2. The van der Waals surface area contributed by atoms with Gasteiger partial charge in [-0.3, -0.25) is 9.59 Å². The van der Waals surface area contributed by atoms with E-state index >= 15 is 0 Å². The number of nitrogens with one attached hydrogen (secondary N) is 2. The molecule has 4 nitrogen and oxygen atoms in total. The fourth-order valence-corrected chi connectivity index (χ4v) is 2.29. The molecule has 0 atom stereocenters. The van der Waals surface area contributed by atoms with Gasteiger partial charge in [0.15, 0.2) is 0 Å². The molecule has 2 N–H and O–H groups in total. The molecule has 0 heterocycles. The van der Waals surface area contributed by atoms with Crippen molar-refractivity contribution in [2.24, 2.45) is 0 Å². The van der Waals surface area contributed by atoms with Crippen molar-refractivity contribution in [1.82, 2.24) is 10.6 Å². The summed E-state index contributed by atoms with van der Waals surface area (Å²) in [5.41, 5.74) is 1.17. The van der Waals surface area contributed by atoms with Gasteiger partial charge in [0.25, 0.3) is 11.8 Å². The predicted octanol–water partition coefficient (Wildman–Crippen LogP) is 3.37. The van der Waals surface area contributed by atoms with Crippen LogP contribution in [0.4, 0.5) is 0 Å². The number of halogens is 2. The molecular formula is C16H14Br2N2O2. The van der Waals surface area contributed by atoms with Gasteiger partial charge in [0.2, 0.25) is 0 Å². The van der Waals surface area contributed by atoms with Crippen LogP contribution in [-0.4, -0.2) is 24.9 Å².